The maximum Gasteiger partial charge on any atom is 0.227 e. The molecule has 1 aromatic carbocycles. The standard InChI is InChI=1S/C26H31N5O2/c1-33-21-9-3-2-8-19(21)26(12-13-26)25-27-20-10-11-22(28-23(20)29-25)31-16-6-7-18(17-31)24(32)30-14-4-5-15-30/h2-3,8-11,18H,4-7,12-17H2,1H3,(H,27,28,29). The third-order valence-electron chi connectivity index (χ3n) is 7.67. The highest BCUT2D eigenvalue weighted by molar-refractivity contribution is 5.80. The van der Waals surface area contributed by atoms with Crippen molar-refractivity contribution in [2.45, 2.75) is 43.9 Å². The van der Waals surface area contributed by atoms with E-state index in [-0.39, 0.29) is 11.3 Å². The first-order valence-corrected chi connectivity index (χ1v) is 12.2. The van der Waals surface area contributed by atoms with Crippen LogP contribution >= 0.6 is 0 Å². The predicted octanol–water partition coefficient (Wildman–Crippen LogP) is 3.89. The summed E-state index contributed by atoms with van der Waals surface area (Å²) in [5.41, 5.74) is 2.77. The van der Waals surface area contributed by atoms with Crippen LogP contribution in [0.15, 0.2) is 36.4 Å². The Hall–Kier alpha value is -3.09. The number of likely N-dealkylation sites (tertiary alicyclic amines) is 1. The zero-order valence-electron chi connectivity index (χ0n) is 19.2. The van der Waals surface area contributed by atoms with Crippen molar-refractivity contribution in [3.05, 3.63) is 47.8 Å². The molecule has 1 saturated carbocycles. The number of H-pyrrole nitrogens is 1. The Morgan fingerprint density at radius 3 is 2.67 bits per heavy atom. The molecule has 0 spiro atoms. The molecule has 1 N–H and O–H groups in total. The van der Waals surface area contributed by atoms with Crippen molar-refractivity contribution in [2.75, 3.05) is 38.2 Å². The van der Waals surface area contributed by atoms with E-state index in [4.69, 9.17) is 14.7 Å². The van der Waals surface area contributed by atoms with E-state index in [0.717, 1.165) is 93.3 Å². The second-order valence-electron chi connectivity index (χ2n) is 9.73. The number of imidazole rings is 1. The fourth-order valence-corrected chi connectivity index (χ4v) is 5.67. The van der Waals surface area contributed by atoms with Gasteiger partial charge in [0.05, 0.1) is 24.0 Å². The average molecular weight is 446 g/mol. The van der Waals surface area contributed by atoms with Gasteiger partial charge in [0.1, 0.15) is 17.4 Å². The van der Waals surface area contributed by atoms with Crippen molar-refractivity contribution in [1.82, 2.24) is 19.9 Å². The number of methoxy groups -OCH3 is 1. The zero-order chi connectivity index (χ0) is 22.4. The van der Waals surface area contributed by atoms with E-state index in [9.17, 15) is 4.79 Å². The zero-order valence-corrected chi connectivity index (χ0v) is 19.2. The van der Waals surface area contributed by atoms with Gasteiger partial charge in [0.15, 0.2) is 5.65 Å². The quantitative estimate of drug-likeness (QED) is 0.645. The molecular formula is C26H31N5O2. The van der Waals surface area contributed by atoms with E-state index in [1.807, 2.05) is 12.1 Å². The van der Waals surface area contributed by atoms with Crippen molar-refractivity contribution in [3.8, 4) is 5.75 Å². The van der Waals surface area contributed by atoms with E-state index in [0.29, 0.717) is 5.91 Å². The molecule has 172 valence electrons. The first kappa shape index (κ1) is 20.5. The minimum absolute atomic E-state index is 0.0735. The fraction of sp³-hybridized carbons (Fsp3) is 0.500. The number of piperidine rings is 1. The largest absolute Gasteiger partial charge is 0.496 e. The first-order chi connectivity index (χ1) is 16.2. The van der Waals surface area contributed by atoms with Gasteiger partial charge >= 0.3 is 0 Å². The van der Waals surface area contributed by atoms with Crippen molar-refractivity contribution < 1.29 is 9.53 Å². The van der Waals surface area contributed by atoms with Gasteiger partial charge in [-0.3, -0.25) is 4.79 Å². The average Bonchev–Trinajstić information content (AvgIpc) is 3.28. The Bertz CT molecular complexity index is 1180. The van der Waals surface area contributed by atoms with Gasteiger partial charge in [-0.15, -0.1) is 0 Å². The van der Waals surface area contributed by atoms with Gasteiger partial charge in [-0.2, -0.15) is 0 Å². The number of para-hydroxylation sites is 1. The summed E-state index contributed by atoms with van der Waals surface area (Å²) >= 11 is 0. The topological polar surface area (TPSA) is 74.4 Å². The van der Waals surface area contributed by atoms with Gasteiger partial charge in [0.2, 0.25) is 5.91 Å². The van der Waals surface area contributed by atoms with Gasteiger partial charge in [-0.1, -0.05) is 18.2 Å². The lowest BCUT2D eigenvalue weighted by Gasteiger charge is -2.34. The predicted molar refractivity (Wildman–Crippen MR) is 128 cm³/mol. The number of aromatic nitrogens is 3. The number of aromatic amines is 1. The smallest absolute Gasteiger partial charge is 0.227 e. The van der Waals surface area contributed by atoms with E-state index >= 15 is 0 Å². The normalized spacial score (nSPS) is 22.0. The maximum absolute atomic E-state index is 12.9. The molecule has 1 atom stereocenters. The van der Waals surface area contributed by atoms with Crippen LogP contribution in [0.1, 0.15) is 49.9 Å². The molecule has 2 saturated heterocycles. The van der Waals surface area contributed by atoms with Crippen LogP contribution in [0.3, 0.4) is 0 Å². The molecule has 3 aromatic rings. The number of carbonyl (C=O) groups is 1. The molecule has 0 bridgehead atoms. The lowest BCUT2D eigenvalue weighted by molar-refractivity contribution is -0.134. The highest BCUT2D eigenvalue weighted by Gasteiger charge is 2.50. The fourth-order valence-electron chi connectivity index (χ4n) is 5.67. The number of benzene rings is 1. The molecule has 6 rings (SSSR count). The van der Waals surface area contributed by atoms with Gasteiger partial charge < -0.3 is 19.5 Å². The summed E-state index contributed by atoms with van der Waals surface area (Å²) < 4.78 is 5.64. The second kappa shape index (κ2) is 8.04. The number of carbonyl (C=O) groups excluding carboxylic acids is 1. The van der Waals surface area contributed by atoms with E-state index in [1.165, 1.54) is 5.56 Å². The molecule has 2 aliphatic heterocycles. The van der Waals surface area contributed by atoms with Crippen molar-refractivity contribution in [1.29, 1.82) is 0 Å². The minimum atomic E-state index is -0.119. The molecule has 1 amide bonds. The number of hydrogen-bond acceptors (Lipinski definition) is 5. The van der Waals surface area contributed by atoms with Gasteiger partial charge in [-0.25, -0.2) is 9.97 Å². The van der Waals surface area contributed by atoms with Crippen molar-refractivity contribution in [2.24, 2.45) is 5.92 Å². The molecule has 2 aromatic heterocycles. The van der Waals surface area contributed by atoms with E-state index < -0.39 is 0 Å². The Morgan fingerprint density at radius 1 is 1.06 bits per heavy atom. The van der Waals surface area contributed by atoms with Crippen molar-refractivity contribution >= 4 is 22.9 Å². The van der Waals surface area contributed by atoms with Gasteiger partial charge in [0.25, 0.3) is 0 Å². The summed E-state index contributed by atoms with van der Waals surface area (Å²) in [6.45, 7) is 3.52. The van der Waals surface area contributed by atoms with Crippen LogP contribution in [-0.4, -0.2) is 59.0 Å². The van der Waals surface area contributed by atoms with Gasteiger partial charge in [0, 0.05) is 31.7 Å². The number of fused-ring (bicyclic) bond motifs is 1. The summed E-state index contributed by atoms with van der Waals surface area (Å²) in [6, 6.07) is 12.4. The minimum Gasteiger partial charge on any atom is -0.496 e. The summed E-state index contributed by atoms with van der Waals surface area (Å²) in [5, 5.41) is 0. The Morgan fingerprint density at radius 2 is 1.88 bits per heavy atom. The third-order valence-corrected chi connectivity index (χ3v) is 7.67. The highest BCUT2D eigenvalue weighted by atomic mass is 16.5. The number of pyridine rings is 1. The first-order valence-electron chi connectivity index (χ1n) is 12.2. The molecule has 3 fully saturated rings. The Kier molecular flexibility index (Phi) is 5.00. The van der Waals surface area contributed by atoms with Crippen LogP contribution in [0.2, 0.25) is 0 Å². The lowest BCUT2D eigenvalue weighted by atomic mass is 9.94. The van der Waals surface area contributed by atoms with Crippen LogP contribution in [-0.2, 0) is 10.2 Å². The Balaban J connectivity index is 1.26. The maximum atomic E-state index is 12.9. The van der Waals surface area contributed by atoms with Crippen molar-refractivity contribution in [3.63, 3.8) is 0 Å². The number of ether oxygens (including phenoxy) is 1. The van der Waals surface area contributed by atoms with Crippen LogP contribution in [0.4, 0.5) is 5.82 Å². The molecule has 1 unspecified atom stereocenters. The summed E-state index contributed by atoms with van der Waals surface area (Å²) in [5.74, 6) is 3.19. The van der Waals surface area contributed by atoms with E-state index in [2.05, 4.69) is 39.0 Å². The number of rotatable bonds is 5. The molecule has 3 aliphatic rings. The molecule has 4 heterocycles. The third kappa shape index (κ3) is 3.54. The molecule has 0 radical (unpaired) electrons. The second-order valence-corrected chi connectivity index (χ2v) is 9.73. The monoisotopic (exact) mass is 445 g/mol. The van der Waals surface area contributed by atoms with Crippen LogP contribution in [0, 0.1) is 5.92 Å². The SMILES string of the molecule is COc1ccccc1C1(c2nc3nc(N4CCCC(C(=O)N5CCCC5)C4)ccc3[nH]2)CC1. The van der Waals surface area contributed by atoms with Crippen LogP contribution in [0.25, 0.3) is 11.2 Å². The van der Waals surface area contributed by atoms with E-state index in [1.54, 1.807) is 7.11 Å². The number of nitrogens with zero attached hydrogens (tertiary/aromatic N) is 4. The van der Waals surface area contributed by atoms with Crippen LogP contribution < -0.4 is 9.64 Å². The number of amides is 1. The molecule has 7 nitrogen and oxygen atoms in total. The lowest BCUT2D eigenvalue weighted by Crippen LogP contribution is -2.44. The van der Waals surface area contributed by atoms with Gasteiger partial charge in [-0.05, 0) is 56.7 Å². The number of anilines is 1. The summed E-state index contributed by atoms with van der Waals surface area (Å²) in [6.07, 6.45) is 6.37. The number of hydrogen-bond donors (Lipinski definition) is 1. The number of nitrogens with one attached hydrogen (secondary N) is 1. The molecular weight excluding hydrogens is 414 g/mol. The molecule has 7 heteroatoms. The molecule has 1 aliphatic carbocycles. The summed E-state index contributed by atoms with van der Waals surface area (Å²) in [4.78, 5) is 30.7. The highest BCUT2D eigenvalue weighted by Crippen LogP contribution is 2.55. The Labute approximate surface area is 194 Å². The molecule has 33 heavy (non-hydrogen) atoms. The van der Waals surface area contributed by atoms with Crippen LogP contribution in [0.5, 0.6) is 5.75 Å². The summed E-state index contributed by atoms with van der Waals surface area (Å²) in [7, 11) is 1.72.